The molecule has 0 N–H and O–H groups in total. The topological polar surface area (TPSA) is 0 Å². The first-order valence-corrected chi connectivity index (χ1v) is 5.00. The maximum atomic E-state index is 13.7. The van der Waals surface area contributed by atoms with Gasteiger partial charge in [-0.2, -0.15) is 13.2 Å². The summed E-state index contributed by atoms with van der Waals surface area (Å²) in [6, 6.07) is 0. The molecule has 3 aliphatic carbocycles. The highest BCUT2D eigenvalue weighted by Crippen LogP contribution is 2.85. The van der Waals surface area contributed by atoms with Crippen LogP contribution in [0.25, 0.3) is 0 Å². The van der Waals surface area contributed by atoms with Crippen LogP contribution in [0.5, 0.6) is 0 Å². The van der Waals surface area contributed by atoms with E-state index < -0.39 is 35.5 Å². The lowest BCUT2D eigenvalue weighted by Gasteiger charge is -2.20. The number of rotatable bonds is 0. The Hall–Kier alpha value is -0.680. The van der Waals surface area contributed by atoms with Crippen molar-refractivity contribution < 1.29 is 26.3 Å². The molecule has 3 rings (SSSR count). The Balaban J connectivity index is 2.09. The van der Waals surface area contributed by atoms with Crippen molar-refractivity contribution in [1.29, 1.82) is 0 Å². The van der Waals surface area contributed by atoms with Gasteiger partial charge < -0.3 is 0 Å². The summed E-state index contributed by atoms with van der Waals surface area (Å²) in [6.45, 7) is 0. The normalized spacial score (nSPS) is 52.6. The highest BCUT2D eigenvalue weighted by molar-refractivity contribution is 5.41. The minimum Gasteiger partial charge on any atom is -0.226 e. The molecule has 0 aromatic rings. The molecule has 2 saturated carbocycles. The van der Waals surface area contributed by atoms with E-state index in [0.717, 1.165) is 0 Å². The van der Waals surface area contributed by atoms with Gasteiger partial charge >= 0.3 is 12.1 Å². The van der Waals surface area contributed by atoms with Gasteiger partial charge in [0.25, 0.3) is 5.67 Å². The summed E-state index contributed by atoms with van der Waals surface area (Å²) in [7, 11) is 0. The van der Waals surface area contributed by atoms with Gasteiger partial charge in [0.2, 0.25) is 0 Å². The van der Waals surface area contributed by atoms with E-state index in [9.17, 15) is 26.3 Å². The zero-order valence-corrected chi connectivity index (χ0v) is 7.99. The fourth-order valence-electron chi connectivity index (χ4n) is 3.57. The molecule has 0 amide bonds. The van der Waals surface area contributed by atoms with Crippen molar-refractivity contribution in [3.05, 3.63) is 12.2 Å². The molecule has 0 aliphatic heterocycles. The molecule has 0 aromatic carbocycles. The first-order valence-electron chi connectivity index (χ1n) is 5.00. The van der Waals surface area contributed by atoms with E-state index in [1.54, 1.807) is 6.08 Å². The second-order valence-electron chi connectivity index (χ2n) is 4.89. The second kappa shape index (κ2) is 2.29. The molecule has 0 nitrogen and oxygen atoms in total. The predicted molar refractivity (Wildman–Crippen MR) is 42.6 cm³/mol. The molecule has 6 heteroatoms. The van der Waals surface area contributed by atoms with E-state index in [0.29, 0.717) is 0 Å². The van der Waals surface area contributed by atoms with Crippen LogP contribution in [0.4, 0.5) is 26.3 Å². The van der Waals surface area contributed by atoms with Crippen LogP contribution in [0.15, 0.2) is 12.2 Å². The third kappa shape index (κ3) is 0.711. The largest absolute Gasteiger partial charge is 0.429 e. The SMILES string of the molecule is FC(F)(F)C1(F)C(F)(F)C12CC1C=CC2C1. The standard InChI is InChI=1S/C10H8F6/c11-8(10(14,15)16)7(9(8,12)13)4-5-1-2-6(7)3-5/h1-2,5-6H,3-4H2. The van der Waals surface area contributed by atoms with E-state index >= 15 is 0 Å². The van der Waals surface area contributed by atoms with Gasteiger partial charge in [0, 0.05) is 0 Å². The molecule has 2 bridgehead atoms. The number of fused-ring (bicyclic) bond motifs is 3. The summed E-state index contributed by atoms with van der Waals surface area (Å²) in [4.78, 5) is 0. The Morgan fingerprint density at radius 1 is 1.06 bits per heavy atom. The number of allylic oxidation sites excluding steroid dienone is 2. The molecule has 0 radical (unpaired) electrons. The highest BCUT2D eigenvalue weighted by Gasteiger charge is 3.04. The quantitative estimate of drug-likeness (QED) is 0.450. The summed E-state index contributed by atoms with van der Waals surface area (Å²) in [5.41, 5.74) is -6.84. The molecule has 2 fully saturated rings. The van der Waals surface area contributed by atoms with Crippen molar-refractivity contribution >= 4 is 0 Å². The van der Waals surface area contributed by atoms with Crippen LogP contribution in [-0.2, 0) is 0 Å². The van der Waals surface area contributed by atoms with Gasteiger partial charge in [0.15, 0.2) is 0 Å². The summed E-state index contributed by atoms with van der Waals surface area (Å²) in [6.07, 6.45) is -2.74. The molecule has 4 atom stereocenters. The second-order valence-corrected chi connectivity index (χ2v) is 4.89. The van der Waals surface area contributed by atoms with Gasteiger partial charge in [-0.25, -0.2) is 13.2 Å². The highest BCUT2D eigenvalue weighted by atomic mass is 19.4. The third-order valence-corrected chi connectivity index (χ3v) is 4.33. The Morgan fingerprint density at radius 3 is 2.00 bits per heavy atom. The van der Waals surface area contributed by atoms with Crippen molar-refractivity contribution in [3.8, 4) is 0 Å². The number of alkyl halides is 6. The molecular weight excluding hydrogens is 234 g/mol. The van der Waals surface area contributed by atoms with Crippen LogP contribution in [0.3, 0.4) is 0 Å². The summed E-state index contributed by atoms with van der Waals surface area (Å²) < 4.78 is 77.8. The average Bonchev–Trinajstić information content (AvgIpc) is 2.64. The van der Waals surface area contributed by atoms with E-state index in [1.807, 2.05) is 0 Å². The van der Waals surface area contributed by atoms with Crippen LogP contribution < -0.4 is 0 Å². The fourth-order valence-corrected chi connectivity index (χ4v) is 3.57. The number of halogens is 6. The summed E-state index contributed by atoms with van der Waals surface area (Å²) in [5.74, 6) is -5.57. The molecular formula is C10H8F6. The lowest BCUT2D eigenvalue weighted by atomic mass is 9.86. The first-order chi connectivity index (χ1) is 7.18. The lowest BCUT2D eigenvalue weighted by Crippen LogP contribution is -2.36. The van der Waals surface area contributed by atoms with Gasteiger partial charge in [-0.05, 0) is 24.7 Å². The smallest absolute Gasteiger partial charge is 0.226 e. The fraction of sp³-hybridized carbons (Fsp3) is 0.800. The van der Waals surface area contributed by atoms with Crippen LogP contribution in [-0.4, -0.2) is 17.8 Å². The van der Waals surface area contributed by atoms with Gasteiger partial charge in [-0.1, -0.05) is 12.2 Å². The van der Waals surface area contributed by atoms with Crippen molar-refractivity contribution in [1.82, 2.24) is 0 Å². The van der Waals surface area contributed by atoms with Gasteiger partial charge in [-0.15, -0.1) is 0 Å². The Morgan fingerprint density at radius 2 is 1.69 bits per heavy atom. The number of hydrogen-bond acceptors (Lipinski definition) is 0. The minimum atomic E-state index is -5.49. The van der Waals surface area contributed by atoms with Gasteiger partial charge in [0.1, 0.15) is 0 Å². The van der Waals surface area contributed by atoms with E-state index in [1.165, 1.54) is 6.08 Å². The lowest BCUT2D eigenvalue weighted by molar-refractivity contribution is -0.222. The minimum absolute atomic E-state index is 0.220. The Labute approximate surface area is 87.3 Å². The summed E-state index contributed by atoms with van der Waals surface area (Å²) in [5, 5.41) is 0. The molecule has 0 heterocycles. The van der Waals surface area contributed by atoms with Crippen molar-refractivity contribution in [2.75, 3.05) is 0 Å². The molecule has 4 unspecified atom stereocenters. The maximum Gasteiger partial charge on any atom is 0.429 e. The zero-order valence-electron chi connectivity index (χ0n) is 7.99. The van der Waals surface area contributed by atoms with E-state index in [2.05, 4.69) is 0 Å². The van der Waals surface area contributed by atoms with Crippen molar-refractivity contribution in [3.63, 3.8) is 0 Å². The van der Waals surface area contributed by atoms with Crippen LogP contribution >= 0.6 is 0 Å². The number of hydrogen-bond donors (Lipinski definition) is 0. The monoisotopic (exact) mass is 242 g/mol. The molecule has 90 valence electrons. The average molecular weight is 242 g/mol. The van der Waals surface area contributed by atoms with Crippen molar-refractivity contribution in [2.24, 2.45) is 17.3 Å². The first kappa shape index (κ1) is 10.5. The third-order valence-electron chi connectivity index (χ3n) is 4.33. The maximum absolute atomic E-state index is 13.7. The van der Waals surface area contributed by atoms with Crippen molar-refractivity contribution in [2.45, 2.75) is 30.6 Å². The Kier molecular flexibility index (Phi) is 1.50. The zero-order chi connectivity index (χ0) is 12.0. The van der Waals surface area contributed by atoms with Crippen LogP contribution in [0.2, 0.25) is 0 Å². The van der Waals surface area contributed by atoms with Gasteiger partial charge in [0.05, 0.1) is 5.41 Å². The van der Waals surface area contributed by atoms with E-state index in [-0.39, 0.29) is 12.3 Å². The van der Waals surface area contributed by atoms with Gasteiger partial charge in [-0.3, -0.25) is 0 Å². The molecule has 0 saturated heterocycles. The molecule has 16 heavy (non-hydrogen) atoms. The Bertz CT molecular complexity index is 383. The van der Waals surface area contributed by atoms with Crippen LogP contribution in [0.1, 0.15) is 12.8 Å². The molecule has 0 aromatic heterocycles. The molecule has 3 aliphatic rings. The van der Waals surface area contributed by atoms with Crippen LogP contribution in [0, 0.1) is 17.3 Å². The summed E-state index contributed by atoms with van der Waals surface area (Å²) >= 11 is 0. The predicted octanol–water partition coefficient (Wildman–Crippen LogP) is 3.49. The molecule has 1 spiro atoms. The van der Waals surface area contributed by atoms with E-state index in [4.69, 9.17) is 0 Å².